The summed E-state index contributed by atoms with van der Waals surface area (Å²) in [5.41, 5.74) is 0.926. The minimum atomic E-state index is -0.151. The number of para-hydroxylation sites is 1. The molecule has 0 fully saturated rings. The average molecular weight is 333 g/mol. The van der Waals surface area contributed by atoms with E-state index < -0.39 is 0 Å². The molecule has 0 saturated carbocycles. The largest absolute Gasteiger partial charge is 0.466 e. The second-order valence-corrected chi connectivity index (χ2v) is 6.44. The summed E-state index contributed by atoms with van der Waals surface area (Å²) in [6, 6.07) is 9.68. The lowest BCUT2D eigenvalue weighted by molar-refractivity contribution is -0.144. The summed E-state index contributed by atoms with van der Waals surface area (Å²) in [6.07, 6.45) is 4.26. The maximum absolute atomic E-state index is 12.3. The zero-order valence-electron chi connectivity index (χ0n) is 15.3. The molecule has 0 atom stereocenters. The summed E-state index contributed by atoms with van der Waals surface area (Å²) in [4.78, 5) is 25.7. The van der Waals surface area contributed by atoms with E-state index >= 15 is 0 Å². The van der Waals surface area contributed by atoms with Gasteiger partial charge in [-0.1, -0.05) is 32.0 Å². The monoisotopic (exact) mass is 333 g/mol. The van der Waals surface area contributed by atoms with Crippen LogP contribution in [0, 0.1) is 5.92 Å². The van der Waals surface area contributed by atoms with Gasteiger partial charge in [0, 0.05) is 25.1 Å². The van der Waals surface area contributed by atoms with Gasteiger partial charge in [-0.2, -0.15) is 0 Å². The van der Waals surface area contributed by atoms with Gasteiger partial charge >= 0.3 is 5.97 Å². The predicted molar refractivity (Wildman–Crippen MR) is 98.0 cm³/mol. The molecule has 0 heterocycles. The van der Waals surface area contributed by atoms with Crippen LogP contribution in [-0.2, 0) is 14.3 Å². The van der Waals surface area contributed by atoms with Crippen LogP contribution in [0.2, 0.25) is 0 Å². The summed E-state index contributed by atoms with van der Waals surface area (Å²) >= 11 is 0. The quantitative estimate of drug-likeness (QED) is 0.440. The molecule has 1 aromatic carbocycles. The van der Waals surface area contributed by atoms with Crippen LogP contribution in [0.15, 0.2) is 30.3 Å². The summed E-state index contributed by atoms with van der Waals surface area (Å²) < 4.78 is 5.20. The van der Waals surface area contributed by atoms with Gasteiger partial charge in [0.15, 0.2) is 0 Å². The molecule has 0 N–H and O–H groups in total. The smallest absolute Gasteiger partial charge is 0.305 e. The Balaban J connectivity index is 2.19. The van der Waals surface area contributed by atoms with Crippen LogP contribution < -0.4 is 4.90 Å². The fourth-order valence-electron chi connectivity index (χ4n) is 2.54. The van der Waals surface area contributed by atoms with Crippen LogP contribution in [0.5, 0.6) is 0 Å². The van der Waals surface area contributed by atoms with Gasteiger partial charge in [0.1, 0.15) is 0 Å². The van der Waals surface area contributed by atoms with Gasteiger partial charge in [-0.3, -0.25) is 9.59 Å². The first-order valence-electron chi connectivity index (χ1n) is 9.05. The van der Waals surface area contributed by atoms with Crippen molar-refractivity contribution in [1.29, 1.82) is 0 Å². The minimum absolute atomic E-state index is 0.106. The molecule has 1 amide bonds. The van der Waals surface area contributed by atoms with Crippen molar-refractivity contribution in [2.45, 2.75) is 59.3 Å². The first kappa shape index (κ1) is 20.2. The van der Waals surface area contributed by atoms with Crippen molar-refractivity contribution in [2.24, 2.45) is 5.92 Å². The SMILES string of the molecule is CCN(C(=O)CCCCC(=O)OCCCC(C)C)c1ccccc1. The Labute approximate surface area is 146 Å². The summed E-state index contributed by atoms with van der Waals surface area (Å²) in [6.45, 7) is 7.45. The van der Waals surface area contributed by atoms with Crippen LogP contribution in [0.4, 0.5) is 5.69 Å². The molecular formula is C20H31NO3. The lowest BCUT2D eigenvalue weighted by atomic mass is 10.1. The zero-order valence-corrected chi connectivity index (χ0v) is 15.3. The Hall–Kier alpha value is -1.84. The van der Waals surface area contributed by atoms with Crippen molar-refractivity contribution in [3.8, 4) is 0 Å². The van der Waals surface area contributed by atoms with Crippen molar-refractivity contribution in [3.05, 3.63) is 30.3 Å². The standard InChI is InChI=1S/C20H31NO3/c1-4-21(18-12-6-5-7-13-18)19(22)14-8-9-15-20(23)24-16-10-11-17(2)3/h5-7,12-13,17H,4,8-11,14-16H2,1-3H3. The summed E-state index contributed by atoms with van der Waals surface area (Å²) in [7, 11) is 0. The number of unbranched alkanes of at least 4 members (excludes halogenated alkanes) is 1. The van der Waals surface area contributed by atoms with E-state index in [1.165, 1.54) is 0 Å². The predicted octanol–water partition coefficient (Wildman–Crippen LogP) is 4.58. The normalized spacial score (nSPS) is 10.7. The molecule has 24 heavy (non-hydrogen) atoms. The number of hydrogen-bond acceptors (Lipinski definition) is 3. The van der Waals surface area contributed by atoms with E-state index in [0.29, 0.717) is 44.8 Å². The molecule has 0 aliphatic carbocycles. The van der Waals surface area contributed by atoms with Crippen molar-refractivity contribution in [3.63, 3.8) is 0 Å². The van der Waals surface area contributed by atoms with Gasteiger partial charge in [0.2, 0.25) is 5.91 Å². The number of carbonyl (C=O) groups is 2. The second kappa shape index (κ2) is 11.7. The maximum atomic E-state index is 12.3. The number of carbonyl (C=O) groups excluding carboxylic acids is 2. The molecule has 1 rings (SSSR count). The van der Waals surface area contributed by atoms with Crippen molar-refractivity contribution < 1.29 is 14.3 Å². The molecule has 0 aliphatic rings. The van der Waals surface area contributed by atoms with Crippen molar-refractivity contribution in [2.75, 3.05) is 18.1 Å². The number of hydrogen-bond donors (Lipinski definition) is 0. The number of benzene rings is 1. The Morgan fingerprint density at radius 3 is 2.33 bits per heavy atom. The third kappa shape index (κ3) is 8.14. The Bertz CT molecular complexity index is 485. The van der Waals surface area contributed by atoms with Gasteiger partial charge in [-0.25, -0.2) is 0 Å². The molecule has 0 radical (unpaired) electrons. The van der Waals surface area contributed by atoms with Crippen molar-refractivity contribution >= 4 is 17.6 Å². The molecule has 0 saturated heterocycles. The summed E-state index contributed by atoms with van der Waals surface area (Å²) in [5.74, 6) is 0.594. The molecule has 134 valence electrons. The molecule has 4 heteroatoms. The number of anilines is 1. The topological polar surface area (TPSA) is 46.6 Å². The number of rotatable bonds is 11. The lowest BCUT2D eigenvalue weighted by Crippen LogP contribution is -2.30. The van der Waals surface area contributed by atoms with E-state index in [-0.39, 0.29) is 11.9 Å². The lowest BCUT2D eigenvalue weighted by Gasteiger charge is -2.21. The average Bonchev–Trinajstić information content (AvgIpc) is 2.57. The molecule has 0 aromatic heterocycles. The van der Waals surface area contributed by atoms with Gasteiger partial charge in [0.05, 0.1) is 6.61 Å². The highest BCUT2D eigenvalue weighted by Crippen LogP contribution is 2.15. The first-order valence-corrected chi connectivity index (χ1v) is 9.05. The zero-order chi connectivity index (χ0) is 17.8. The van der Waals surface area contributed by atoms with E-state index in [0.717, 1.165) is 18.5 Å². The van der Waals surface area contributed by atoms with E-state index in [1.807, 2.05) is 37.3 Å². The van der Waals surface area contributed by atoms with Crippen LogP contribution in [0.1, 0.15) is 59.3 Å². The van der Waals surface area contributed by atoms with Crippen LogP contribution in [0.3, 0.4) is 0 Å². The first-order chi connectivity index (χ1) is 11.5. The third-order valence-electron chi connectivity index (χ3n) is 3.90. The van der Waals surface area contributed by atoms with E-state index in [4.69, 9.17) is 4.74 Å². The van der Waals surface area contributed by atoms with Crippen molar-refractivity contribution in [1.82, 2.24) is 0 Å². The molecular weight excluding hydrogens is 302 g/mol. The number of amides is 1. The Kier molecular flexibility index (Phi) is 9.81. The van der Waals surface area contributed by atoms with E-state index in [9.17, 15) is 9.59 Å². The molecule has 0 bridgehead atoms. The number of esters is 1. The number of nitrogens with zero attached hydrogens (tertiary/aromatic N) is 1. The minimum Gasteiger partial charge on any atom is -0.466 e. The number of ether oxygens (including phenoxy) is 1. The molecule has 0 aliphatic heterocycles. The Morgan fingerprint density at radius 1 is 1.04 bits per heavy atom. The van der Waals surface area contributed by atoms with Crippen LogP contribution in [-0.4, -0.2) is 25.0 Å². The highest BCUT2D eigenvalue weighted by molar-refractivity contribution is 5.93. The van der Waals surface area contributed by atoms with Gasteiger partial charge in [-0.05, 0) is 50.7 Å². The molecule has 1 aromatic rings. The Morgan fingerprint density at radius 2 is 1.71 bits per heavy atom. The van der Waals surface area contributed by atoms with E-state index in [1.54, 1.807) is 4.90 Å². The highest BCUT2D eigenvalue weighted by Gasteiger charge is 2.13. The van der Waals surface area contributed by atoms with Crippen LogP contribution >= 0.6 is 0 Å². The molecule has 4 nitrogen and oxygen atoms in total. The molecule has 0 unspecified atom stereocenters. The molecule has 0 spiro atoms. The second-order valence-electron chi connectivity index (χ2n) is 6.44. The highest BCUT2D eigenvalue weighted by atomic mass is 16.5. The van der Waals surface area contributed by atoms with Crippen LogP contribution in [0.25, 0.3) is 0 Å². The summed E-state index contributed by atoms with van der Waals surface area (Å²) in [5, 5.41) is 0. The van der Waals surface area contributed by atoms with E-state index in [2.05, 4.69) is 13.8 Å². The van der Waals surface area contributed by atoms with Gasteiger partial charge in [-0.15, -0.1) is 0 Å². The van der Waals surface area contributed by atoms with Gasteiger partial charge in [0.25, 0.3) is 0 Å². The fourth-order valence-corrected chi connectivity index (χ4v) is 2.54. The third-order valence-corrected chi connectivity index (χ3v) is 3.90. The fraction of sp³-hybridized carbons (Fsp3) is 0.600. The van der Waals surface area contributed by atoms with Gasteiger partial charge < -0.3 is 9.64 Å². The maximum Gasteiger partial charge on any atom is 0.305 e.